The van der Waals surface area contributed by atoms with Gasteiger partial charge in [-0.3, -0.25) is 10.00 Å². The Bertz CT molecular complexity index is 816. The maximum absolute atomic E-state index is 12.8. The zero-order chi connectivity index (χ0) is 17.9. The Morgan fingerprint density at radius 2 is 1.80 bits per heavy atom. The molecule has 1 aromatic carbocycles. The standard InChI is InChI=1S/C18H24N4O2S/c1-15-18(16(2)20-19-15)25(23,24)22-13-11-21(12-14-22)10-6-9-17-7-4-3-5-8-17/h3-9H,10-14H2,1-2H3,(H,19,20)/b9-6+. The van der Waals surface area contributed by atoms with Crippen LogP contribution in [0.1, 0.15) is 17.0 Å². The highest BCUT2D eigenvalue weighted by atomic mass is 32.2. The van der Waals surface area contributed by atoms with Gasteiger partial charge in [-0.2, -0.15) is 9.40 Å². The average molecular weight is 360 g/mol. The summed E-state index contributed by atoms with van der Waals surface area (Å²) in [5.74, 6) is 0. The van der Waals surface area contributed by atoms with Crippen LogP contribution in [0.5, 0.6) is 0 Å². The highest BCUT2D eigenvalue weighted by Gasteiger charge is 2.31. The van der Waals surface area contributed by atoms with Gasteiger partial charge >= 0.3 is 0 Å². The average Bonchev–Trinajstić information content (AvgIpc) is 2.95. The van der Waals surface area contributed by atoms with Crippen LogP contribution in [0.2, 0.25) is 0 Å². The fourth-order valence-electron chi connectivity index (χ4n) is 3.10. The molecule has 6 nitrogen and oxygen atoms in total. The van der Waals surface area contributed by atoms with Crippen molar-refractivity contribution in [3.05, 3.63) is 53.4 Å². The predicted octanol–water partition coefficient (Wildman–Crippen LogP) is 2.05. The molecule has 7 heteroatoms. The van der Waals surface area contributed by atoms with Crippen molar-refractivity contribution in [3.8, 4) is 0 Å². The summed E-state index contributed by atoms with van der Waals surface area (Å²) in [6, 6.07) is 10.2. The first-order valence-corrected chi connectivity index (χ1v) is 9.88. The van der Waals surface area contributed by atoms with Crippen molar-refractivity contribution >= 4 is 16.1 Å². The molecule has 2 heterocycles. The lowest BCUT2D eigenvalue weighted by Crippen LogP contribution is -2.48. The largest absolute Gasteiger partial charge is 0.297 e. The summed E-state index contributed by atoms with van der Waals surface area (Å²) in [7, 11) is -3.47. The Morgan fingerprint density at radius 3 is 2.40 bits per heavy atom. The number of hydrogen-bond donors (Lipinski definition) is 1. The monoisotopic (exact) mass is 360 g/mol. The topological polar surface area (TPSA) is 69.3 Å². The zero-order valence-corrected chi connectivity index (χ0v) is 15.5. The molecular weight excluding hydrogens is 336 g/mol. The van der Waals surface area contributed by atoms with E-state index >= 15 is 0 Å². The van der Waals surface area contributed by atoms with Gasteiger partial charge in [-0.05, 0) is 19.4 Å². The lowest BCUT2D eigenvalue weighted by Gasteiger charge is -2.33. The molecule has 0 unspecified atom stereocenters. The van der Waals surface area contributed by atoms with E-state index in [1.165, 1.54) is 5.56 Å². The number of piperazine rings is 1. The van der Waals surface area contributed by atoms with Gasteiger partial charge < -0.3 is 0 Å². The predicted molar refractivity (Wildman–Crippen MR) is 98.7 cm³/mol. The number of sulfonamides is 1. The molecular formula is C18H24N4O2S. The number of nitrogens with zero attached hydrogens (tertiary/aromatic N) is 3. The molecule has 1 aliphatic rings. The first-order chi connectivity index (χ1) is 12.0. The maximum Gasteiger partial charge on any atom is 0.246 e. The molecule has 1 N–H and O–H groups in total. The van der Waals surface area contributed by atoms with E-state index in [0.29, 0.717) is 29.4 Å². The van der Waals surface area contributed by atoms with Crippen LogP contribution in [-0.4, -0.2) is 60.5 Å². The molecule has 1 fully saturated rings. The molecule has 134 valence electrons. The number of rotatable bonds is 5. The van der Waals surface area contributed by atoms with E-state index in [-0.39, 0.29) is 0 Å². The molecule has 0 radical (unpaired) electrons. The number of aromatic amines is 1. The van der Waals surface area contributed by atoms with Gasteiger partial charge in [0, 0.05) is 32.7 Å². The summed E-state index contributed by atoms with van der Waals surface area (Å²) < 4.78 is 27.2. The SMILES string of the molecule is Cc1n[nH]c(C)c1S(=O)(=O)N1CCN(C/C=C/c2ccccc2)CC1. The molecule has 1 aliphatic heterocycles. The van der Waals surface area contributed by atoms with Gasteiger partial charge in [0.05, 0.1) is 11.4 Å². The Morgan fingerprint density at radius 1 is 1.12 bits per heavy atom. The Balaban J connectivity index is 1.58. The van der Waals surface area contributed by atoms with E-state index in [2.05, 4.69) is 39.4 Å². The third-order valence-electron chi connectivity index (χ3n) is 4.46. The third kappa shape index (κ3) is 4.00. The number of benzene rings is 1. The lowest BCUT2D eigenvalue weighted by molar-refractivity contribution is 0.204. The molecule has 0 amide bonds. The number of H-pyrrole nitrogens is 1. The van der Waals surface area contributed by atoms with Crippen molar-refractivity contribution in [1.29, 1.82) is 0 Å². The Kier molecular flexibility index (Phi) is 5.36. The van der Waals surface area contributed by atoms with Gasteiger partial charge in [-0.25, -0.2) is 8.42 Å². The minimum Gasteiger partial charge on any atom is -0.297 e. The van der Waals surface area contributed by atoms with Crippen molar-refractivity contribution in [2.45, 2.75) is 18.7 Å². The quantitative estimate of drug-likeness (QED) is 0.886. The van der Waals surface area contributed by atoms with Crippen LogP contribution in [0.4, 0.5) is 0 Å². The zero-order valence-electron chi connectivity index (χ0n) is 14.6. The molecule has 2 aromatic rings. The van der Waals surface area contributed by atoms with Gasteiger partial charge in [0.25, 0.3) is 0 Å². The van der Waals surface area contributed by atoms with E-state index in [9.17, 15) is 8.42 Å². The molecule has 0 bridgehead atoms. The van der Waals surface area contributed by atoms with Crippen molar-refractivity contribution in [2.24, 2.45) is 0 Å². The van der Waals surface area contributed by atoms with Crippen LogP contribution in [0.3, 0.4) is 0 Å². The van der Waals surface area contributed by atoms with Crippen LogP contribution in [0, 0.1) is 13.8 Å². The summed E-state index contributed by atoms with van der Waals surface area (Å²) in [5, 5.41) is 6.77. The summed E-state index contributed by atoms with van der Waals surface area (Å²) in [4.78, 5) is 2.59. The molecule has 0 spiro atoms. The number of nitrogens with one attached hydrogen (secondary N) is 1. The number of aromatic nitrogens is 2. The lowest BCUT2D eigenvalue weighted by atomic mass is 10.2. The first-order valence-electron chi connectivity index (χ1n) is 8.44. The molecule has 0 atom stereocenters. The van der Waals surface area contributed by atoms with Crippen molar-refractivity contribution in [1.82, 2.24) is 19.4 Å². The second-order valence-corrected chi connectivity index (χ2v) is 8.16. The van der Waals surface area contributed by atoms with Gasteiger partial charge in [-0.15, -0.1) is 0 Å². The van der Waals surface area contributed by atoms with Crippen LogP contribution >= 0.6 is 0 Å². The summed E-state index contributed by atoms with van der Waals surface area (Å²) in [5.41, 5.74) is 2.31. The minimum absolute atomic E-state index is 0.324. The molecule has 25 heavy (non-hydrogen) atoms. The van der Waals surface area contributed by atoms with Gasteiger partial charge in [0.15, 0.2) is 0 Å². The maximum atomic E-state index is 12.8. The fourth-order valence-corrected chi connectivity index (χ4v) is 4.86. The van der Waals surface area contributed by atoms with Gasteiger partial charge in [0.1, 0.15) is 4.90 Å². The molecule has 3 rings (SSSR count). The van der Waals surface area contributed by atoms with Gasteiger partial charge in [-0.1, -0.05) is 42.5 Å². The number of hydrogen-bond acceptors (Lipinski definition) is 4. The molecule has 0 saturated carbocycles. The minimum atomic E-state index is -3.47. The van der Waals surface area contributed by atoms with Crippen LogP contribution in [0.25, 0.3) is 6.08 Å². The highest BCUT2D eigenvalue weighted by molar-refractivity contribution is 7.89. The van der Waals surface area contributed by atoms with E-state index in [0.717, 1.165) is 19.6 Å². The van der Waals surface area contributed by atoms with Crippen LogP contribution in [0.15, 0.2) is 41.3 Å². The van der Waals surface area contributed by atoms with Crippen LogP contribution in [-0.2, 0) is 10.0 Å². The molecule has 1 saturated heterocycles. The van der Waals surface area contributed by atoms with Crippen LogP contribution < -0.4 is 0 Å². The van der Waals surface area contributed by atoms with E-state index in [4.69, 9.17) is 0 Å². The number of aryl methyl sites for hydroxylation is 2. The Labute approximate surface area is 149 Å². The normalized spacial score (nSPS) is 17.4. The highest BCUT2D eigenvalue weighted by Crippen LogP contribution is 2.22. The fraction of sp³-hybridized carbons (Fsp3) is 0.389. The van der Waals surface area contributed by atoms with E-state index in [1.54, 1.807) is 18.2 Å². The first kappa shape index (κ1) is 17.8. The molecule has 1 aromatic heterocycles. The Hall–Kier alpha value is -1.96. The van der Waals surface area contributed by atoms with Crippen molar-refractivity contribution in [3.63, 3.8) is 0 Å². The second-order valence-electron chi connectivity index (χ2n) is 6.28. The van der Waals surface area contributed by atoms with E-state index in [1.807, 2.05) is 18.2 Å². The second kappa shape index (κ2) is 7.51. The summed E-state index contributed by atoms with van der Waals surface area (Å²) >= 11 is 0. The van der Waals surface area contributed by atoms with Gasteiger partial charge in [0.2, 0.25) is 10.0 Å². The summed E-state index contributed by atoms with van der Waals surface area (Å²) in [6.07, 6.45) is 4.23. The van der Waals surface area contributed by atoms with Crippen molar-refractivity contribution in [2.75, 3.05) is 32.7 Å². The summed E-state index contributed by atoms with van der Waals surface area (Å²) in [6.45, 7) is 6.77. The smallest absolute Gasteiger partial charge is 0.246 e. The third-order valence-corrected chi connectivity index (χ3v) is 6.63. The molecule has 0 aliphatic carbocycles. The van der Waals surface area contributed by atoms with E-state index < -0.39 is 10.0 Å². The van der Waals surface area contributed by atoms with Crippen molar-refractivity contribution < 1.29 is 8.42 Å².